The van der Waals surface area contributed by atoms with Crippen LogP contribution in [-0.2, 0) is 4.79 Å². The van der Waals surface area contributed by atoms with Crippen molar-refractivity contribution in [1.29, 1.82) is 5.26 Å². The number of rotatable bonds is 4. The fourth-order valence-corrected chi connectivity index (χ4v) is 2.42. The van der Waals surface area contributed by atoms with Gasteiger partial charge in [0.25, 0.3) is 0 Å². The zero-order valence-corrected chi connectivity index (χ0v) is 12.8. The fourth-order valence-electron chi connectivity index (χ4n) is 2.42. The molecule has 8 nitrogen and oxygen atoms in total. The standard InChI is InChI=1S/C15H15N7O/c1-9-14(10(2)20-19-9)11-5-6-12-17-15(21-22(12)8-11)18-13(23)4-3-7-16/h5-6,8H,3-4H2,1-2H3,(H,19,20)(H,18,21,23). The summed E-state index contributed by atoms with van der Waals surface area (Å²) in [7, 11) is 0. The van der Waals surface area contributed by atoms with Crippen molar-refractivity contribution in [2.24, 2.45) is 0 Å². The van der Waals surface area contributed by atoms with Crippen LogP contribution in [0.5, 0.6) is 0 Å². The molecule has 8 heteroatoms. The molecule has 0 bridgehead atoms. The summed E-state index contributed by atoms with van der Waals surface area (Å²) in [5.74, 6) is -0.0464. The number of aryl methyl sites for hydroxylation is 2. The summed E-state index contributed by atoms with van der Waals surface area (Å²) in [5.41, 5.74) is 4.51. The lowest BCUT2D eigenvalue weighted by Gasteiger charge is -2.01. The van der Waals surface area contributed by atoms with E-state index in [0.717, 1.165) is 22.5 Å². The van der Waals surface area contributed by atoms with Gasteiger partial charge >= 0.3 is 0 Å². The van der Waals surface area contributed by atoms with Crippen molar-refractivity contribution >= 4 is 17.5 Å². The number of nitrogens with one attached hydrogen (secondary N) is 2. The summed E-state index contributed by atoms with van der Waals surface area (Å²) >= 11 is 0. The second-order valence-corrected chi connectivity index (χ2v) is 5.17. The molecule has 0 saturated heterocycles. The van der Waals surface area contributed by atoms with Gasteiger partial charge in [0.1, 0.15) is 0 Å². The second kappa shape index (κ2) is 5.88. The largest absolute Gasteiger partial charge is 0.293 e. The van der Waals surface area contributed by atoms with Crippen LogP contribution in [0.4, 0.5) is 5.95 Å². The van der Waals surface area contributed by atoms with Gasteiger partial charge in [-0.1, -0.05) is 0 Å². The van der Waals surface area contributed by atoms with E-state index in [2.05, 4.69) is 25.6 Å². The van der Waals surface area contributed by atoms with Gasteiger partial charge in [0, 0.05) is 35.9 Å². The molecule has 0 aliphatic carbocycles. The van der Waals surface area contributed by atoms with Gasteiger partial charge in [0.05, 0.1) is 11.8 Å². The normalized spacial score (nSPS) is 10.7. The van der Waals surface area contributed by atoms with Crippen molar-refractivity contribution in [3.8, 4) is 17.2 Å². The third kappa shape index (κ3) is 2.89. The van der Waals surface area contributed by atoms with Crippen LogP contribution in [0.25, 0.3) is 16.8 Å². The number of carbonyl (C=O) groups is 1. The van der Waals surface area contributed by atoms with Crippen LogP contribution in [0.3, 0.4) is 0 Å². The first-order chi connectivity index (χ1) is 11.1. The number of pyridine rings is 1. The fraction of sp³-hybridized carbons (Fsp3) is 0.267. The zero-order valence-electron chi connectivity index (χ0n) is 12.8. The minimum absolute atomic E-state index is 0.130. The Hall–Kier alpha value is -3.21. The number of fused-ring (bicyclic) bond motifs is 1. The van der Waals surface area contributed by atoms with Gasteiger partial charge < -0.3 is 0 Å². The lowest BCUT2D eigenvalue weighted by molar-refractivity contribution is -0.116. The quantitative estimate of drug-likeness (QED) is 0.765. The summed E-state index contributed by atoms with van der Waals surface area (Å²) in [4.78, 5) is 15.9. The average Bonchev–Trinajstić information content (AvgIpc) is 3.07. The summed E-state index contributed by atoms with van der Waals surface area (Å²) in [6, 6.07) is 5.70. The number of aromatic amines is 1. The van der Waals surface area contributed by atoms with E-state index in [1.165, 1.54) is 0 Å². The van der Waals surface area contributed by atoms with Crippen molar-refractivity contribution in [3.63, 3.8) is 0 Å². The average molecular weight is 309 g/mol. The summed E-state index contributed by atoms with van der Waals surface area (Å²) in [5, 5.41) is 22.5. The smallest absolute Gasteiger partial charge is 0.249 e. The maximum absolute atomic E-state index is 11.6. The molecule has 3 heterocycles. The molecule has 3 aromatic rings. The number of H-pyrrole nitrogens is 1. The van der Waals surface area contributed by atoms with Crippen LogP contribution in [-0.4, -0.2) is 30.7 Å². The molecule has 0 spiro atoms. The Labute approximate surface area is 132 Å². The van der Waals surface area contributed by atoms with Gasteiger partial charge in [-0.2, -0.15) is 15.3 Å². The first-order valence-electron chi connectivity index (χ1n) is 7.13. The minimum Gasteiger partial charge on any atom is -0.293 e. The molecular formula is C15H15N7O. The number of nitriles is 1. The van der Waals surface area contributed by atoms with Gasteiger partial charge in [0.15, 0.2) is 5.65 Å². The Morgan fingerprint density at radius 3 is 2.96 bits per heavy atom. The molecule has 3 rings (SSSR count). The molecule has 0 radical (unpaired) electrons. The summed E-state index contributed by atoms with van der Waals surface area (Å²) < 4.78 is 1.61. The maximum atomic E-state index is 11.6. The Bertz CT molecular complexity index is 896. The highest BCUT2D eigenvalue weighted by molar-refractivity contribution is 5.89. The SMILES string of the molecule is Cc1n[nH]c(C)c1-c1ccc2nc(NC(=O)CCC#N)nn2c1. The number of amides is 1. The Morgan fingerprint density at radius 2 is 2.26 bits per heavy atom. The van der Waals surface area contributed by atoms with Crippen molar-refractivity contribution in [3.05, 3.63) is 29.7 Å². The maximum Gasteiger partial charge on any atom is 0.249 e. The lowest BCUT2D eigenvalue weighted by atomic mass is 10.1. The molecule has 0 fully saturated rings. The van der Waals surface area contributed by atoms with Gasteiger partial charge in [-0.05, 0) is 26.0 Å². The van der Waals surface area contributed by atoms with Crippen LogP contribution < -0.4 is 5.32 Å². The van der Waals surface area contributed by atoms with Crippen molar-refractivity contribution in [2.45, 2.75) is 26.7 Å². The monoisotopic (exact) mass is 309 g/mol. The first-order valence-corrected chi connectivity index (χ1v) is 7.13. The van der Waals surface area contributed by atoms with E-state index < -0.39 is 0 Å². The van der Waals surface area contributed by atoms with Gasteiger partial charge in [0.2, 0.25) is 11.9 Å². The van der Waals surface area contributed by atoms with Crippen molar-refractivity contribution in [1.82, 2.24) is 24.8 Å². The molecule has 0 aliphatic heterocycles. The number of anilines is 1. The van der Waals surface area contributed by atoms with Crippen LogP contribution >= 0.6 is 0 Å². The Balaban J connectivity index is 1.90. The number of aromatic nitrogens is 5. The molecule has 116 valence electrons. The van der Waals surface area contributed by atoms with E-state index in [1.54, 1.807) is 4.52 Å². The first kappa shape index (κ1) is 14.7. The van der Waals surface area contributed by atoms with E-state index in [1.807, 2.05) is 38.2 Å². The van der Waals surface area contributed by atoms with E-state index in [-0.39, 0.29) is 24.7 Å². The lowest BCUT2D eigenvalue weighted by Crippen LogP contribution is -2.12. The zero-order chi connectivity index (χ0) is 16.4. The number of nitrogens with zero attached hydrogens (tertiary/aromatic N) is 5. The van der Waals surface area contributed by atoms with Crippen molar-refractivity contribution in [2.75, 3.05) is 5.32 Å². The van der Waals surface area contributed by atoms with Gasteiger partial charge in [-0.15, -0.1) is 5.10 Å². The highest BCUT2D eigenvalue weighted by Gasteiger charge is 2.12. The highest BCUT2D eigenvalue weighted by atomic mass is 16.1. The van der Waals surface area contributed by atoms with Crippen LogP contribution in [0.1, 0.15) is 24.2 Å². The minimum atomic E-state index is -0.274. The molecule has 0 atom stereocenters. The van der Waals surface area contributed by atoms with Crippen LogP contribution in [0.15, 0.2) is 18.3 Å². The van der Waals surface area contributed by atoms with Crippen LogP contribution in [0, 0.1) is 25.2 Å². The third-order valence-electron chi connectivity index (χ3n) is 3.46. The highest BCUT2D eigenvalue weighted by Crippen LogP contribution is 2.25. The topological polar surface area (TPSA) is 112 Å². The van der Waals surface area contributed by atoms with Gasteiger partial charge in [-0.3, -0.25) is 15.2 Å². The van der Waals surface area contributed by atoms with Crippen LogP contribution in [0.2, 0.25) is 0 Å². The van der Waals surface area contributed by atoms with E-state index >= 15 is 0 Å². The Morgan fingerprint density at radius 1 is 1.43 bits per heavy atom. The van der Waals surface area contributed by atoms with E-state index in [4.69, 9.17) is 5.26 Å². The number of hydrogen-bond donors (Lipinski definition) is 2. The molecule has 0 unspecified atom stereocenters. The summed E-state index contributed by atoms with van der Waals surface area (Å²) in [6.07, 6.45) is 2.14. The predicted octanol–water partition coefficient (Wildman–Crippen LogP) is 1.98. The molecule has 1 amide bonds. The molecule has 0 aromatic carbocycles. The molecular weight excluding hydrogens is 294 g/mol. The number of hydrogen-bond acceptors (Lipinski definition) is 5. The molecule has 23 heavy (non-hydrogen) atoms. The van der Waals surface area contributed by atoms with Gasteiger partial charge in [-0.25, -0.2) is 4.52 Å². The predicted molar refractivity (Wildman–Crippen MR) is 83.5 cm³/mol. The molecule has 0 saturated carbocycles. The van der Waals surface area contributed by atoms with E-state index in [9.17, 15) is 4.79 Å². The number of carbonyl (C=O) groups excluding carboxylic acids is 1. The molecule has 3 aromatic heterocycles. The molecule has 2 N–H and O–H groups in total. The van der Waals surface area contributed by atoms with E-state index in [0.29, 0.717) is 5.65 Å². The Kier molecular flexibility index (Phi) is 3.76. The van der Waals surface area contributed by atoms with Crippen molar-refractivity contribution < 1.29 is 4.79 Å². The summed E-state index contributed by atoms with van der Waals surface area (Å²) in [6.45, 7) is 3.90. The molecule has 0 aliphatic rings. The second-order valence-electron chi connectivity index (χ2n) is 5.17. The third-order valence-corrected chi connectivity index (χ3v) is 3.46.